The van der Waals surface area contributed by atoms with Crippen molar-refractivity contribution in [3.05, 3.63) is 35.4 Å². The summed E-state index contributed by atoms with van der Waals surface area (Å²) < 4.78 is 37.4. The largest absolute Gasteiger partial charge is 0.481 e. The normalized spacial score (nSPS) is 12.2. The highest BCUT2D eigenvalue weighted by molar-refractivity contribution is 5.87. The summed E-state index contributed by atoms with van der Waals surface area (Å²) in [7, 11) is 0. The number of carboxylic acid groups (broad SMARTS) is 1. The molecule has 0 aliphatic carbocycles. The minimum atomic E-state index is -4.41. The number of hydrogen-bond acceptors (Lipinski definition) is 2. The van der Waals surface area contributed by atoms with Gasteiger partial charge in [0.15, 0.2) is 0 Å². The number of carbonyl (C=O) groups is 2. The number of halogens is 3. The van der Waals surface area contributed by atoms with Crippen molar-refractivity contribution < 1.29 is 27.9 Å². The van der Waals surface area contributed by atoms with Gasteiger partial charge < -0.3 is 5.11 Å². The second kappa shape index (κ2) is 6.94. The van der Waals surface area contributed by atoms with Gasteiger partial charge in [0, 0.05) is 12.8 Å². The highest BCUT2D eigenvalue weighted by Crippen LogP contribution is 2.32. The van der Waals surface area contributed by atoms with E-state index in [1.807, 2.05) is 0 Å². The fraction of sp³-hybridized carbons (Fsp3) is 0.500. The van der Waals surface area contributed by atoms with Crippen molar-refractivity contribution >= 4 is 11.8 Å². The van der Waals surface area contributed by atoms with Crippen LogP contribution in [0.25, 0.3) is 0 Å². The van der Waals surface area contributed by atoms with E-state index in [9.17, 15) is 27.9 Å². The number of alkyl halides is 3. The Morgan fingerprint density at radius 3 is 1.91 bits per heavy atom. The zero-order chi connectivity index (χ0) is 17.0. The average Bonchev–Trinajstić information content (AvgIpc) is 2.44. The second-order valence-electron chi connectivity index (χ2n) is 5.38. The number of benzene rings is 1. The van der Waals surface area contributed by atoms with Gasteiger partial charge in [-0.1, -0.05) is 26.0 Å². The van der Waals surface area contributed by atoms with E-state index in [2.05, 4.69) is 0 Å². The monoisotopic (exact) mass is 316 g/mol. The number of aliphatic carboxylic acids is 1. The van der Waals surface area contributed by atoms with Crippen LogP contribution in [0.5, 0.6) is 0 Å². The van der Waals surface area contributed by atoms with Crippen molar-refractivity contribution in [2.45, 2.75) is 45.7 Å². The maximum Gasteiger partial charge on any atom is 0.416 e. The topological polar surface area (TPSA) is 54.4 Å². The molecule has 3 nitrogen and oxygen atoms in total. The summed E-state index contributed by atoms with van der Waals surface area (Å²) in [6.45, 7) is 3.42. The van der Waals surface area contributed by atoms with Crippen molar-refractivity contribution in [2.24, 2.45) is 5.41 Å². The summed E-state index contributed by atoms with van der Waals surface area (Å²) in [4.78, 5) is 23.4. The minimum Gasteiger partial charge on any atom is -0.481 e. The number of hydrogen-bond donors (Lipinski definition) is 1. The molecular weight excluding hydrogens is 297 g/mol. The first-order chi connectivity index (χ1) is 10.1. The third-order valence-corrected chi connectivity index (χ3v) is 4.03. The quantitative estimate of drug-likeness (QED) is 0.824. The lowest BCUT2D eigenvalue weighted by Crippen LogP contribution is -2.32. The molecule has 0 spiro atoms. The Balaban J connectivity index is 2.79. The van der Waals surface area contributed by atoms with Crippen LogP contribution in [0.4, 0.5) is 13.2 Å². The van der Waals surface area contributed by atoms with Crippen LogP contribution in [0.1, 0.15) is 44.2 Å². The molecule has 0 radical (unpaired) electrons. The predicted octanol–water partition coefficient (Wildman–Crippen LogP) is 4.10. The van der Waals surface area contributed by atoms with Crippen molar-refractivity contribution in [1.82, 2.24) is 0 Å². The number of Topliss-reactive ketones (excluding diaryl/α,β-unsaturated/α-hetero) is 1. The van der Waals surface area contributed by atoms with Gasteiger partial charge in [0.2, 0.25) is 0 Å². The summed E-state index contributed by atoms with van der Waals surface area (Å²) in [6.07, 6.45) is -3.93. The molecule has 0 atom stereocenters. The van der Waals surface area contributed by atoms with Crippen LogP contribution in [0.2, 0.25) is 0 Å². The van der Waals surface area contributed by atoms with Crippen LogP contribution < -0.4 is 0 Å². The molecule has 22 heavy (non-hydrogen) atoms. The first-order valence-corrected chi connectivity index (χ1v) is 7.06. The van der Waals surface area contributed by atoms with Gasteiger partial charge in [0.25, 0.3) is 0 Å². The summed E-state index contributed by atoms with van der Waals surface area (Å²) in [6, 6.07) is 4.35. The van der Waals surface area contributed by atoms with Crippen LogP contribution in [0.15, 0.2) is 24.3 Å². The molecule has 1 aromatic carbocycles. The number of carbonyl (C=O) groups excluding carboxylic acids is 1. The molecule has 0 aliphatic rings. The van der Waals surface area contributed by atoms with Crippen molar-refractivity contribution in [3.63, 3.8) is 0 Å². The summed E-state index contributed by atoms with van der Waals surface area (Å²) >= 11 is 0. The zero-order valence-electron chi connectivity index (χ0n) is 12.5. The van der Waals surface area contributed by atoms with Crippen molar-refractivity contribution in [1.29, 1.82) is 0 Å². The fourth-order valence-electron chi connectivity index (χ4n) is 2.36. The Bertz CT molecular complexity index is 529. The van der Waals surface area contributed by atoms with E-state index >= 15 is 0 Å². The van der Waals surface area contributed by atoms with Crippen LogP contribution in [-0.4, -0.2) is 16.9 Å². The molecule has 0 aliphatic heterocycles. The zero-order valence-corrected chi connectivity index (χ0v) is 12.5. The molecule has 1 aromatic rings. The van der Waals surface area contributed by atoms with E-state index < -0.39 is 23.1 Å². The highest BCUT2D eigenvalue weighted by Gasteiger charge is 2.37. The molecule has 0 amide bonds. The van der Waals surface area contributed by atoms with Gasteiger partial charge in [0.1, 0.15) is 5.78 Å². The Morgan fingerprint density at radius 1 is 1.05 bits per heavy atom. The molecule has 0 saturated heterocycles. The molecule has 0 heterocycles. The fourth-order valence-corrected chi connectivity index (χ4v) is 2.36. The Labute approximate surface area is 127 Å². The molecule has 0 aromatic heterocycles. The van der Waals surface area contributed by atoms with Gasteiger partial charge >= 0.3 is 12.1 Å². The third-order valence-electron chi connectivity index (χ3n) is 4.03. The SMILES string of the molecule is CCC(CC)(CC(=O)Cc1ccc(C(F)(F)F)cc1)C(=O)O. The number of rotatable bonds is 7. The molecule has 0 saturated carbocycles. The van der Waals surface area contributed by atoms with E-state index in [0.29, 0.717) is 18.4 Å². The molecule has 1 N–H and O–H groups in total. The summed E-state index contributed by atoms with van der Waals surface area (Å²) in [5, 5.41) is 9.29. The van der Waals surface area contributed by atoms with Gasteiger partial charge in [-0.25, -0.2) is 0 Å². The lowest BCUT2D eigenvalue weighted by atomic mass is 9.77. The van der Waals surface area contributed by atoms with Gasteiger partial charge in [-0.05, 0) is 30.5 Å². The van der Waals surface area contributed by atoms with Crippen molar-refractivity contribution in [3.8, 4) is 0 Å². The van der Waals surface area contributed by atoms with Crippen LogP contribution in [-0.2, 0) is 22.2 Å². The summed E-state index contributed by atoms with van der Waals surface area (Å²) in [5.41, 5.74) is -1.42. The van der Waals surface area contributed by atoms with Gasteiger partial charge in [-0.15, -0.1) is 0 Å². The van der Waals surface area contributed by atoms with Gasteiger partial charge in [0.05, 0.1) is 11.0 Å². The van der Waals surface area contributed by atoms with Gasteiger partial charge in [-0.3, -0.25) is 9.59 Å². The highest BCUT2D eigenvalue weighted by atomic mass is 19.4. The van der Waals surface area contributed by atoms with E-state index in [-0.39, 0.29) is 18.6 Å². The Morgan fingerprint density at radius 2 is 1.55 bits per heavy atom. The first kappa shape index (κ1) is 18.2. The maximum atomic E-state index is 12.5. The minimum absolute atomic E-state index is 0.0623. The Kier molecular flexibility index (Phi) is 5.74. The molecule has 122 valence electrons. The van der Waals surface area contributed by atoms with Crippen LogP contribution in [0.3, 0.4) is 0 Å². The first-order valence-electron chi connectivity index (χ1n) is 7.06. The molecule has 0 bridgehead atoms. The third kappa shape index (κ3) is 4.32. The standard InChI is InChI=1S/C16H19F3O3/c1-3-15(4-2,14(21)22)10-13(20)9-11-5-7-12(8-6-11)16(17,18)19/h5-8H,3-4,9-10H2,1-2H3,(H,21,22). The maximum absolute atomic E-state index is 12.5. The average molecular weight is 316 g/mol. The van der Waals surface area contributed by atoms with Crippen LogP contribution in [0, 0.1) is 5.41 Å². The van der Waals surface area contributed by atoms with Gasteiger partial charge in [-0.2, -0.15) is 13.2 Å². The lowest BCUT2D eigenvalue weighted by Gasteiger charge is -2.25. The molecule has 0 fully saturated rings. The molecule has 0 unspecified atom stereocenters. The van der Waals surface area contributed by atoms with E-state index in [0.717, 1.165) is 12.1 Å². The lowest BCUT2D eigenvalue weighted by molar-refractivity contribution is -0.152. The number of ketones is 1. The van der Waals surface area contributed by atoms with E-state index in [4.69, 9.17) is 0 Å². The van der Waals surface area contributed by atoms with Crippen LogP contribution >= 0.6 is 0 Å². The second-order valence-corrected chi connectivity index (χ2v) is 5.38. The molecule has 1 rings (SSSR count). The van der Waals surface area contributed by atoms with Crippen molar-refractivity contribution in [2.75, 3.05) is 0 Å². The van der Waals surface area contributed by atoms with E-state index in [1.54, 1.807) is 13.8 Å². The Hall–Kier alpha value is -1.85. The van der Waals surface area contributed by atoms with E-state index in [1.165, 1.54) is 12.1 Å². The molecule has 6 heteroatoms. The smallest absolute Gasteiger partial charge is 0.416 e. The predicted molar refractivity (Wildman–Crippen MR) is 75.4 cm³/mol. The molecular formula is C16H19F3O3. The number of carboxylic acids is 1. The summed E-state index contributed by atoms with van der Waals surface area (Å²) in [5.74, 6) is -1.30.